The van der Waals surface area contributed by atoms with Crippen LogP contribution in [0.2, 0.25) is 0 Å². The van der Waals surface area contributed by atoms with E-state index in [2.05, 4.69) is 5.32 Å². The van der Waals surface area contributed by atoms with Crippen molar-refractivity contribution in [1.29, 1.82) is 0 Å². The van der Waals surface area contributed by atoms with Crippen LogP contribution in [0.5, 0.6) is 5.75 Å². The lowest BCUT2D eigenvalue weighted by molar-refractivity contribution is -0.145. The van der Waals surface area contributed by atoms with Gasteiger partial charge in [0.25, 0.3) is 0 Å². The number of hydrogen-bond donors (Lipinski definition) is 2. The van der Waals surface area contributed by atoms with E-state index in [9.17, 15) is 19.5 Å². The van der Waals surface area contributed by atoms with E-state index in [-0.39, 0.29) is 30.3 Å². The van der Waals surface area contributed by atoms with E-state index in [4.69, 9.17) is 9.15 Å². The summed E-state index contributed by atoms with van der Waals surface area (Å²) < 4.78 is 10.4. The number of esters is 1. The molecule has 2 N–H and O–H groups in total. The molecule has 3 aromatic rings. The monoisotopic (exact) mass is 381 g/mol. The van der Waals surface area contributed by atoms with Gasteiger partial charge in [0.05, 0.1) is 12.5 Å². The molecule has 0 fully saturated rings. The molecule has 28 heavy (non-hydrogen) atoms. The molecule has 1 amide bonds. The van der Waals surface area contributed by atoms with Crippen molar-refractivity contribution in [2.24, 2.45) is 0 Å². The predicted octanol–water partition coefficient (Wildman–Crippen LogP) is 2.81. The number of phenolic OH excluding ortho intramolecular Hbond substituents is 1. The van der Waals surface area contributed by atoms with Crippen molar-refractivity contribution >= 4 is 22.8 Å². The fraction of sp³-hybridized carbons (Fsp3) is 0.190. The molecule has 0 saturated heterocycles. The molecule has 0 aliphatic rings. The summed E-state index contributed by atoms with van der Waals surface area (Å²) in [5, 5.41) is 12.8. The molecule has 0 bridgehead atoms. The Morgan fingerprint density at radius 3 is 2.61 bits per heavy atom. The van der Waals surface area contributed by atoms with Crippen LogP contribution < -0.4 is 10.9 Å². The lowest BCUT2D eigenvalue weighted by Gasteiger charge is -2.17. The topological polar surface area (TPSA) is 106 Å². The minimum Gasteiger partial charge on any atom is -0.508 e. The second-order valence-corrected chi connectivity index (χ2v) is 6.30. The average molecular weight is 381 g/mol. The summed E-state index contributed by atoms with van der Waals surface area (Å²) in [7, 11) is 0. The fourth-order valence-electron chi connectivity index (χ4n) is 2.90. The number of fused-ring (bicyclic) bond motifs is 1. The van der Waals surface area contributed by atoms with Crippen LogP contribution in [0.15, 0.2) is 63.8 Å². The van der Waals surface area contributed by atoms with Gasteiger partial charge in [-0.1, -0.05) is 30.3 Å². The van der Waals surface area contributed by atoms with Crippen molar-refractivity contribution in [2.45, 2.75) is 26.0 Å². The second kappa shape index (κ2) is 8.39. The molecular formula is C21H19NO6. The minimum atomic E-state index is -0.607. The first-order valence-electron chi connectivity index (χ1n) is 8.66. The fourth-order valence-corrected chi connectivity index (χ4v) is 2.90. The maximum absolute atomic E-state index is 12.3. The predicted molar refractivity (Wildman–Crippen MR) is 102 cm³/mol. The molecule has 0 radical (unpaired) electrons. The van der Waals surface area contributed by atoms with Gasteiger partial charge in [-0.15, -0.1) is 0 Å². The zero-order valence-corrected chi connectivity index (χ0v) is 15.2. The number of rotatable bonds is 6. The van der Waals surface area contributed by atoms with E-state index < -0.39 is 17.6 Å². The standard InChI is InChI=1S/C21H19NO6/c1-13(23)22-18(14-5-3-2-4-6-14)11-20(25)27-12-15-9-21(26)28-19-10-16(24)7-8-17(15)19/h2-10,18,24H,11-12H2,1H3,(H,22,23)/t18-/m0/s1. The van der Waals surface area contributed by atoms with Gasteiger partial charge in [0.1, 0.15) is 17.9 Å². The van der Waals surface area contributed by atoms with Crippen molar-refractivity contribution in [3.8, 4) is 5.75 Å². The van der Waals surface area contributed by atoms with Crippen LogP contribution in [-0.4, -0.2) is 17.0 Å². The highest BCUT2D eigenvalue weighted by molar-refractivity contribution is 5.82. The summed E-state index contributed by atoms with van der Waals surface area (Å²) >= 11 is 0. The van der Waals surface area contributed by atoms with Crippen LogP contribution in [0.1, 0.15) is 30.5 Å². The Hall–Kier alpha value is -3.61. The highest BCUT2D eigenvalue weighted by Gasteiger charge is 2.18. The molecule has 7 heteroatoms. The summed E-state index contributed by atoms with van der Waals surface area (Å²) in [4.78, 5) is 35.5. The normalized spacial score (nSPS) is 11.8. The van der Waals surface area contributed by atoms with Crippen LogP contribution in [0.4, 0.5) is 0 Å². The van der Waals surface area contributed by atoms with Crippen molar-refractivity contribution in [1.82, 2.24) is 5.32 Å². The van der Waals surface area contributed by atoms with Gasteiger partial charge in [0.2, 0.25) is 5.91 Å². The van der Waals surface area contributed by atoms with Crippen LogP contribution >= 0.6 is 0 Å². The van der Waals surface area contributed by atoms with Crippen LogP contribution in [-0.2, 0) is 20.9 Å². The first-order chi connectivity index (χ1) is 13.4. The van der Waals surface area contributed by atoms with E-state index in [0.717, 1.165) is 5.56 Å². The highest BCUT2D eigenvalue weighted by Crippen LogP contribution is 2.23. The quantitative estimate of drug-likeness (QED) is 0.502. The second-order valence-electron chi connectivity index (χ2n) is 6.30. The Morgan fingerprint density at radius 2 is 1.89 bits per heavy atom. The largest absolute Gasteiger partial charge is 0.508 e. The Labute approximate surface area is 160 Å². The Bertz CT molecular complexity index is 1060. The molecule has 0 aliphatic carbocycles. The van der Waals surface area contributed by atoms with Gasteiger partial charge in [-0.25, -0.2) is 4.79 Å². The zero-order chi connectivity index (χ0) is 20.1. The van der Waals surface area contributed by atoms with Crippen molar-refractivity contribution in [3.63, 3.8) is 0 Å². The maximum Gasteiger partial charge on any atom is 0.336 e. The number of benzene rings is 2. The number of carbonyl (C=O) groups excluding carboxylic acids is 2. The molecule has 144 valence electrons. The minimum absolute atomic E-state index is 0.0363. The van der Waals surface area contributed by atoms with Gasteiger partial charge < -0.3 is 19.6 Å². The molecule has 0 aliphatic heterocycles. The third kappa shape index (κ3) is 4.76. The van der Waals surface area contributed by atoms with Crippen LogP contribution in [0.3, 0.4) is 0 Å². The number of aromatic hydroxyl groups is 1. The Kier molecular flexibility index (Phi) is 5.74. The van der Waals surface area contributed by atoms with Gasteiger partial charge in [0.15, 0.2) is 0 Å². The molecule has 0 spiro atoms. The van der Waals surface area contributed by atoms with Gasteiger partial charge in [0, 0.05) is 30.0 Å². The molecule has 1 aromatic heterocycles. The Morgan fingerprint density at radius 1 is 1.14 bits per heavy atom. The number of amides is 1. The van der Waals surface area contributed by atoms with Crippen molar-refractivity contribution < 1.29 is 23.8 Å². The lowest BCUT2D eigenvalue weighted by Crippen LogP contribution is -2.28. The van der Waals surface area contributed by atoms with E-state index in [1.54, 1.807) is 6.07 Å². The summed E-state index contributed by atoms with van der Waals surface area (Å²) in [5.41, 5.74) is 0.856. The first-order valence-corrected chi connectivity index (χ1v) is 8.66. The molecule has 0 saturated carbocycles. The first kappa shape index (κ1) is 19.2. The third-order valence-electron chi connectivity index (χ3n) is 4.15. The van der Waals surface area contributed by atoms with Gasteiger partial charge >= 0.3 is 11.6 Å². The maximum atomic E-state index is 12.3. The average Bonchev–Trinajstić information content (AvgIpc) is 2.65. The SMILES string of the molecule is CC(=O)N[C@@H](CC(=O)OCc1cc(=O)oc2cc(O)ccc12)c1ccccc1. The number of carbonyl (C=O) groups is 2. The molecule has 1 atom stereocenters. The van der Waals surface area contributed by atoms with Crippen LogP contribution in [0.25, 0.3) is 11.0 Å². The molecule has 2 aromatic carbocycles. The van der Waals surface area contributed by atoms with E-state index >= 15 is 0 Å². The van der Waals surface area contributed by atoms with Crippen molar-refractivity contribution in [3.05, 3.63) is 76.1 Å². The zero-order valence-electron chi connectivity index (χ0n) is 15.2. The van der Waals surface area contributed by atoms with E-state index in [1.807, 2.05) is 30.3 Å². The Balaban J connectivity index is 1.73. The molecule has 3 rings (SSSR count). The summed E-state index contributed by atoms with van der Waals surface area (Å²) in [5.74, 6) is -0.818. The van der Waals surface area contributed by atoms with Crippen molar-refractivity contribution in [2.75, 3.05) is 0 Å². The van der Waals surface area contributed by atoms with Gasteiger partial charge in [-0.3, -0.25) is 9.59 Å². The number of phenols is 1. The van der Waals surface area contributed by atoms with Gasteiger partial charge in [-0.05, 0) is 17.7 Å². The third-order valence-corrected chi connectivity index (χ3v) is 4.15. The summed E-state index contributed by atoms with van der Waals surface area (Å²) in [6, 6.07) is 14.2. The number of nitrogens with one attached hydrogen (secondary N) is 1. The number of hydrogen-bond acceptors (Lipinski definition) is 6. The van der Waals surface area contributed by atoms with E-state index in [0.29, 0.717) is 10.9 Å². The summed E-state index contributed by atoms with van der Waals surface area (Å²) in [6.45, 7) is 1.25. The molecule has 1 heterocycles. The van der Waals surface area contributed by atoms with E-state index in [1.165, 1.54) is 25.1 Å². The molecular weight excluding hydrogens is 362 g/mol. The molecule has 0 unspecified atom stereocenters. The smallest absolute Gasteiger partial charge is 0.336 e. The number of ether oxygens (including phenoxy) is 1. The van der Waals surface area contributed by atoms with Gasteiger partial charge in [-0.2, -0.15) is 0 Å². The molecule has 7 nitrogen and oxygen atoms in total. The summed E-state index contributed by atoms with van der Waals surface area (Å²) in [6.07, 6.45) is -0.0518. The highest BCUT2D eigenvalue weighted by atomic mass is 16.5. The lowest BCUT2D eigenvalue weighted by atomic mass is 10.0. The van der Waals surface area contributed by atoms with Crippen LogP contribution in [0, 0.1) is 0 Å².